The summed E-state index contributed by atoms with van der Waals surface area (Å²) in [5.74, 6) is 1.53. The highest BCUT2D eigenvalue weighted by Crippen LogP contribution is 2.38. The van der Waals surface area contributed by atoms with Crippen LogP contribution in [0.4, 0.5) is 4.79 Å². The molecule has 0 radical (unpaired) electrons. The number of amides is 1. The molecule has 1 aliphatic rings. The Morgan fingerprint density at radius 3 is 2.61 bits per heavy atom. The molecule has 2 unspecified atom stereocenters. The molecule has 174 valence electrons. The molecule has 1 saturated heterocycles. The molecule has 1 fully saturated rings. The number of carbonyl (C=O) groups is 1. The van der Waals surface area contributed by atoms with Crippen molar-refractivity contribution in [1.82, 2.24) is 9.88 Å². The molecule has 4 rings (SSSR count). The second-order valence-electron chi connectivity index (χ2n) is 7.92. The van der Waals surface area contributed by atoms with Gasteiger partial charge in [-0.3, -0.25) is 0 Å². The fourth-order valence-electron chi connectivity index (χ4n) is 4.46. The van der Waals surface area contributed by atoms with Gasteiger partial charge in [-0.2, -0.15) is 0 Å². The van der Waals surface area contributed by atoms with Crippen LogP contribution in [0.2, 0.25) is 0 Å². The van der Waals surface area contributed by atoms with Gasteiger partial charge in [-0.1, -0.05) is 30.3 Å². The Kier molecular flexibility index (Phi) is 7.25. The van der Waals surface area contributed by atoms with Gasteiger partial charge in [0.1, 0.15) is 11.5 Å². The van der Waals surface area contributed by atoms with Gasteiger partial charge in [0.15, 0.2) is 0 Å². The third-order valence-electron chi connectivity index (χ3n) is 6.14. The third-order valence-corrected chi connectivity index (χ3v) is 6.80. The first-order chi connectivity index (χ1) is 16.0. The van der Waals surface area contributed by atoms with Crippen molar-refractivity contribution in [3.63, 3.8) is 0 Å². The van der Waals surface area contributed by atoms with Gasteiger partial charge < -0.3 is 24.2 Å². The molecule has 1 aromatic heterocycles. The second kappa shape index (κ2) is 10.3. The number of benzene rings is 2. The fraction of sp³-hybridized carbons (Fsp3) is 0.360. The summed E-state index contributed by atoms with van der Waals surface area (Å²) in [6, 6.07) is 13.9. The van der Waals surface area contributed by atoms with E-state index in [0.717, 1.165) is 38.4 Å². The Morgan fingerprint density at radius 2 is 1.97 bits per heavy atom. The maximum absolute atomic E-state index is 11.6. The number of methoxy groups -OCH3 is 2. The lowest BCUT2D eigenvalue weighted by atomic mass is 9.88. The van der Waals surface area contributed by atoms with Crippen LogP contribution in [0.1, 0.15) is 23.5 Å². The number of fused-ring (bicyclic) bond motifs is 1. The quantitative estimate of drug-likeness (QED) is 0.487. The molecule has 0 bridgehead atoms. The van der Waals surface area contributed by atoms with Gasteiger partial charge in [-0.05, 0) is 30.4 Å². The highest BCUT2D eigenvalue weighted by Gasteiger charge is 2.33. The standard InChI is InChI=1S/C25H28N2O5S/c1-30-21-12-17(24(31-2)20-7-5-4-6-19(20)21)15-32-22-14-27(25(28)29)11-10-18(22)16-8-9-23(33-3)26-13-16/h4-9,12-13,18,22H,10-11,14-15H2,1-3H3,(H,28,29). The number of pyridine rings is 1. The largest absolute Gasteiger partial charge is 0.496 e. The van der Waals surface area contributed by atoms with Crippen LogP contribution in [-0.4, -0.2) is 60.8 Å². The van der Waals surface area contributed by atoms with Crippen molar-refractivity contribution < 1.29 is 24.1 Å². The topological polar surface area (TPSA) is 81.1 Å². The van der Waals surface area contributed by atoms with E-state index in [1.807, 2.05) is 48.9 Å². The second-order valence-corrected chi connectivity index (χ2v) is 8.75. The number of thioether (sulfide) groups is 1. The lowest BCUT2D eigenvalue weighted by Gasteiger charge is -2.37. The maximum Gasteiger partial charge on any atom is 0.407 e. The molecule has 1 amide bonds. The molecule has 2 atom stereocenters. The Morgan fingerprint density at radius 1 is 1.18 bits per heavy atom. The van der Waals surface area contributed by atoms with Gasteiger partial charge in [0.2, 0.25) is 0 Å². The number of nitrogens with zero attached hydrogens (tertiary/aromatic N) is 2. The van der Waals surface area contributed by atoms with Crippen LogP contribution >= 0.6 is 11.8 Å². The van der Waals surface area contributed by atoms with Crippen molar-refractivity contribution in [3.8, 4) is 11.5 Å². The Labute approximate surface area is 197 Å². The highest BCUT2D eigenvalue weighted by molar-refractivity contribution is 7.98. The molecule has 1 aliphatic heterocycles. The lowest BCUT2D eigenvalue weighted by molar-refractivity contribution is -0.0205. The number of hydrogen-bond donors (Lipinski definition) is 1. The van der Waals surface area contributed by atoms with Crippen molar-refractivity contribution in [3.05, 3.63) is 59.8 Å². The molecule has 8 heteroatoms. The van der Waals surface area contributed by atoms with Crippen LogP contribution in [0.5, 0.6) is 11.5 Å². The van der Waals surface area contributed by atoms with E-state index in [1.165, 1.54) is 4.90 Å². The van der Waals surface area contributed by atoms with E-state index in [9.17, 15) is 9.90 Å². The van der Waals surface area contributed by atoms with Gasteiger partial charge in [0, 0.05) is 35.0 Å². The number of aromatic nitrogens is 1. The molecule has 3 aromatic rings. The van der Waals surface area contributed by atoms with Crippen LogP contribution in [-0.2, 0) is 11.3 Å². The number of carboxylic acid groups (broad SMARTS) is 1. The minimum Gasteiger partial charge on any atom is -0.496 e. The van der Waals surface area contributed by atoms with E-state index in [2.05, 4.69) is 11.1 Å². The molecule has 0 aliphatic carbocycles. The molecule has 1 N–H and O–H groups in total. The zero-order valence-corrected chi connectivity index (χ0v) is 19.8. The van der Waals surface area contributed by atoms with Crippen LogP contribution in [0, 0.1) is 0 Å². The zero-order valence-electron chi connectivity index (χ0n) is 19.0. The number of piperidine rings is 1. The maximum atomic E-state index is 11.6. The number of ether oxygens (including phenoxy) is 3. The van der Waals surface area contributed by atoms with Crippen LogP contribution in [0.25, 0.3) is 10.8 Å². The Balaban J connectivity index is 1.63. The van der Waals surface area contributed by atoms with E-state index in [0.29, 0.717) is 19.5 Å². The van der Waals surface area contributed by atoms with Crippen molar-refractivity contribution >= 4 is 28.6 Å². The van der Waals surface area contributed by atoms with Crippen LogP contribution in [0.3, 0.4) is 0 Å². The van der Waals surface area contributed by atoms with Crippen molar-refractivity contribution in [2.75, 3.05) is 33.6 Å². The van der Waals surface area contributed by atoms with Gasteiger partial charge in [0.05, 0.1) is 38.5 Å². The molecule has 2 aromatic carbocycles. The minimum absolute atomic E-state index is 0.0531. The first-order valence-corrected chi connectivity index (χ1v) is 12.0. The van der Waals surface area contributed by atoms with Crippen LogP contribution in [0.15, 0.2) is 53.7 Å². The summed E-state index contributed by atoms with van der Waals surface area (Å²) in [4.78, 5) is 17.6. The summed E-state index contributed by atoms with van der Waals surface area (Å²) in [6.45, 7) is 1.05. The summed E-state index contributed by atoms with van der Waals surface area (Å²) in [6.07, 6.45) is 3.31. The number of likely N-dealkylation sites (tertiary alicyclic amines) is 1. The molecule has 7 nitrogen and oxygen atoms in total. The van der Waals surface area contributed by atoms with E-state index < -0.39 is 6.09 Å². The van der Waals surface area contributed by atoms with Gasteiger partial charge in [-0.25, -0.2) is 9.78 Å². The Hall–Kier alpha value is -2.97. The van der Waals surface area contributed by atoms with Crippen LogP contribution < -0.4 is 9.47 Å². The van der Waals surface area contributed by atoms with Gasteiger partial charge >= 0.3 is 6.09 Å². The molecular weight excluding hydrogens is 440 g/mol. The fourth-order valence-corrected chi connectivity index (χ4v) is 4.82. The molecule has 2 heterocycles. The number of rotatable bonds is 7. The van der Waals surface area contributed by atoms with Crippen molar-refractivity contribution in [2.45, 2.75) is 30.1 Å². The SMILES string of the molecule is COc1cc(COC2CN(C(=O)O)CCC2c2ccc(SC)nc2)c(OC)c2ccccc12. The predicted octanol–water partition coefficient (Wildman–Crippen LogP) is 5.03. The smallest absolute Gasteiger partial charge is 0.407 e. The van der Waals surface area contributed by atoms with E-state index in [4.69, 9.17) is 14.2 Å². The molecule has 33 heavy (non-hydrogen) atoms. The van der Waals surface area contributed by atoms with E-state index in [1.54, 1.807) is 26.0 Å². The van der Waals surface area contributed by atoms with Gasteiger partial charge in [0.25, 0.3) is 0 Å². The minimum atomic E-state index is -0.928. The lowest BCUT2D eigenvalue weighted by Crippen LogP contribution is -2.46. The monoisotopic (exact) mass is 468 g/mol. The summed E-state index contributed by atoms with van der Waals surface area (Å²) in [7, 11) is 3.29. The first-order valence-electron chi connectivity index (χ1n) is 10.8. The summed E-state index contributed by atoms with van der Waals surface area (Å²) >= 11 is 1.59. The molecule has 0 saturated carbocycles. The average molecular weight is 469 g/mol. The van der Waals surface area contributed by atoms with Crippen molar-refractivity contribution in [2.24, 2.45) is 0 Å². The number of hydrogen-bond acceptors (Lipinski definition) is 6. The normalized spacial score (nSPS) is 18.3. The molecular formula is C25H28N2O5S. The third kappa shape index (κ3) is 4.86. The summed E-state index contributed by atoms with van der Waals surface area (Å²) in [5.41, 5.74) is 1.92. The Bertz CT molecular complexity index is 1120. The highest BCUT2D eigenvalue weighted by atomic mass is 32.2. The van der Waals surface area contributed by atoms with Crippen molar-refractivity contribution in [1.29, 1.82) is 0 Å². The average Bonchev–Trinajstić information content (AvgIpc) is 2.86. The van der Waals surface area contributed by atoms with E-state index >= 15 is 0 Å². The predicted molar refractivity (Wildman–Crippen MR) is 129 cm³/mol. The molecule has 0 spiro atoms. The summed E-state index contributed by atoms with van der Waals surface area (Å²) < 4.78 is 17.7. The first kappa shape index (κ1) is 23.2. The summed E-state index contributed by atoms with van der Waals surface area (Å²) in [5, 5.41) is 12.4. The van der Waals surface area contributed by atoms with E-state index in [-0.39, 0.29) is 18.6 Å². The van der Waals surface area contributed by atoms with Gasteiger partial charge in [-0.15, -0.1) is 11.8 Å². The zero-order chi connectivity index (χ0) is 23.4.